The molecule has 0 aliphatic carbocycles. The molecule has 0 saturated carbocycles. The first-order valence-electron chi connectivity index (χ1n) is 14.2. The zero-order valence-electron chi connectivity index (χ0n) is 24.8. The lowest BCUT2D eigenvalue weighted by molar-refractivity contribution is -0.135. The monoisotopic (exact) mass is 549 g/mol. The van der Waals surface area contributed by atoms with E-state index in [2.05, 4.69) is 12.2 Å². The molecule has 1 aromatic rings. The predicted molar refractivity (Wildman–Crippen MR) is 153 cm³/mol. The number of carbonyl (C=O) groups excluding carboxylic acids is 3. The summed E-state index contributed by atoms with van der Waals surface area (Å²) in [5.41, 5.74) is 6.59. The first kappa shape index (κ1) is 34.2. The molecule has 0 heterocycles. The number of amides is 3. The maximum atomic E-state index is 13.3. The Hall–Kier alpha value is -2.81. The Morgan fingerprint density at radius 2 is 1.72 bits per heavy atom. The van der Waals surface area contributed by atoms with Gasteiger partial charge in [-0.05, 0) is 37.3 Å². The van der Waals surface area contributed by atoms with Crippen LogP contribution in [0.15, 0.2) is 18.2 Å². The maximum absolute atomic E-state index is 13.3. The molecule has 222 valence electrons. The normalized spacial score (nSPS) is 13.4. The van der Waals surface area contributed by atoms with Crippen LogP contribution in [0.3, 0.4) is 0 Å². The number of methoxy groups -OCH3 is 2. The van der Waals surface area contributed by atoms with Crippen LogP contribution in [-0.4, -0.2) is 61.6 Å². The number of rotatable bonds is 20. The molecule has 0 fully saturated rings. The standard InChI is InChI=1S/C30H51N3O6/c1-7-8-9-10-11-12-25(29(31)36)26(17-21(2)3)30(37)32-23(20-34)14-16-28(35)33(4)19-22-13-15-24(38-5)18-27(22)39-6/h13,15,18,21,23,25-26,34H,7-12,14,16-17,19-20H2,1-6H3,(H2,31,36)(H,32,37)/t23-,25?,26-/m0/s1. The van der Waals surface area contributed by atoms with Gasteiger partial charge in [0.2, 0.25) is 17.7 Å². The predicted octanol–water partition coefficient (Wildman–Crippen LogP) is 4.04. The van der Waals surface area contributed by atoms with Crippen molar-refractivity contribution in [3.05, 3.63) is 23.8 Å². The molecule has 3 atom stereocenters. The van der Waals surface area contributed by atoms with Crippen LogP contribution in [0.5, 0.6) is 11.5 Å². The van der Waals surface area contributed by atoms with Crippen LogP contribution in [0.2, 0.25) is 0 Å². The third-order valence-corrected chi connectivity index (χ3v) is 7.13. The summed E-state index contributed by atoms with van der Waals surface area (Å²) in [5, 5.41) is 12.8. The summed E-state index contributed by atoms with van der Waals surface area (Å²) in [6.45, 7) is 6.21. The van der Waals surface area contributed by atoms with Crippen molar-refractivity contribution in [2.45, 2.75) is 91.1 Å². The summed E-state index contributed by atoms with van der Waals surface area (Å²) in [4.78, 5) is 40.1. The SMILES string of the molecule is CCCCCCCC(C(N)=O)[C@H](CC(C)C)C(=O)N[C@H](CO)CCC(=O)N(C)Cc1ccc(OC)cc1OC. The molecule has 0 saturated heterocycles. The molecular formula is C30H51N3O6. The second-order valence-corrected chi connectivity index (χ2v) is 10.8. The lowest BCUT2D eigenvalue weighted by atomic mass is 9.81. The molecule has 0 spiro atoms. The second-order valence-electron chi connectivity index (χ2n) is 10.8. The van der Waals surface area contributed by atoms with Gasteiger partial charge in [-0.2, -0.15) is 0 Å². The Morgan fingerprint density at radius 3 is 2.28 bits per heavy atom. The van der Waals surface area contributed by atoms with E-state index in [1.807, 2.05) is 26.0 Å². The van der Waals surface area contributed by atoms with Crippen LogP contribution in [-0.2, 0) is 20.9 Å². The van der Waals surface area contributed by atoms with Crippen LogP contribution < -0.4 is 20.5 Å². The molecule has 39 heavy (non-hydrogen) atoms. The highest BCUT2D eigenvalue weighted by Gasteiger charge is 2.33. The highest BCUT2D eigenvalue weighted by Crippen LogP contribution is 2.27. The number of aliphatic hydroxyl groups excluding tert-OH is 1. The molecule has 1 unspecified atom stereocenters. The molecule has 1 rings (SSSR count). The first-order valence-corrected chi connectivity index (χ1v) is 14.2. The Labute approximate surface area is 234 Å². The topological polar surface area (TPSA) is 131 Å². The van der Waals surface area contributed by atoms with Gasteiger partial charge >= 0.3 is 0 Å². The first-order chi connectivity index (χ1) is 18.6. The van der Waals surface area contributed by atoms with Crippen molar-refractivity contribution >= 4 is 17.7 Å². The molecule has 9 heteroatoms. The molecule has 4 N–H and O–H groups in total. The number of aliphatic hydroxyl groups is 1. The molecule has 0 aliphatic rings. The smallest absolute Gasteiger partial charge is 0.224 e. The maximum Gasteiger partial charge on any atom is 0.224 e. The van der Waals surface area contributed by atoms with Crippen LogP contribution in [0.1, 0.15) is 84.1 Å². The highest BCUT2D eigenvalue weighted by molar-refractivity contribution is 5.87. The lowest BCUT2D eigenvalue weighted by Crippen LogP contribution is -2.46. The fourth-order valence-electron chi connectivity index (χ4n) is 4.80. The zero-order valence-corrected chi connectivity index (χ0v) is 24.8. The molecule has 9 nitrogen and oxygen atoms in total. The second kappa shape index (κ2) is 18.5. The van der Waals surface area contributed by atoms with E-state index in [4.69, 9.17) is 15.2 Å². The van der Waals surface area contributed by atoms with Crippen LogP contribution in [0.25, 0.3) is 0 Å². The summed E-state index contributed by atoms with van der Waals surface area (Å²) in [6, 6.07) is 4.83. The largest absolute Gasteiger partial charge is 0.497 e. The van der Waals surface area contributed by atoms with E-state index < -0.39 is 23.8 Å². The number of carbonyl (C=O) groups is 3. The van der Waals surface area contributed by atoms with Crippen molar-refractivity contribution < 1.29 is 29.0 Å². The van der Waals surface area contributed by atoms with Crippen molar-refractivity contribution in [1.82, 2.24) is 10.2 Å². The van der Waals surface area contributed by atoms with E-state index in [9.17, 15) is 19.5 Å². The third-order valence-electron chi connectivity index (χ3n) is 7.13. The van der Waals surface area contributed by atoms with Crippen LogP contribution in [0, 0.1) is 17.8 Å². The number of primary amides is 1. The summed E-state index contributed by atoms with van der Waals surface area (Å²) in [5.74, 6) is -0.510. The highest BCUT2D eigenvalue weighted by atomic mass is 16.5. The van der Waals surface area contributed by atoms with Crippen molar-refractivity contribution in [3.8, 4) is 11.5 Å². The third kappa shape index (κ3) is 12.3. The van der Waals surface area contributed by atoms with Gasteiger partial charge in [0, 0.05) is 43.5 Å². The molecule has 3 amide bonds. The Balaban J connectivity index is 2.78. The van der Waals surface area contributed by atoms with Crippen molar-refractivity contribution in [2.75, 3.05) is 27.9 Å². The molecule has 0 aliphatic heterocycles. The van der Waals surface area contributed by atoms with Gasteiger partial charge < -0.3 is 30.5 Å². The van der Waals surface area contributed by atoms with Gasteiger partial charge in [-0.3, -0.25) is 14.4 Å². The van der Waals surface area contributed by atoms with Gasteiger partial charge in [0.25, 0.3) is 0 Å². The number of hydrogen-bond acceptors (Lipinski definition) is 6. The molecule has 0 radical (unpaired) electrons. The van der Waals surface area contributed by atoms with Gasteiger partial charge in [0.1, 0.15) is 11.5 Å². The summed E-state index contributed by atoms with van der Waals surface area (Å²) in [7, 11) is 4.85. The van der Waals surface area contributed by atoms with Gasteiger partial charge in [-0.25, -0.2) is 0 Å². The minimum Gasteiger partial charge on any atom is -0.497 e. The Bertz CT molecular complexity index is 891. The van der Waals surface area contributed by atoms with Crippen molar-refractivity contribution in [1.29, 1.82) is 0 Å². The van der Waals surface area contributed by atoms with Gasteiger partial charge in [0.05, 0.1) is 26.9 Å². The quantitative estimate of drug-likeness (QED) is 0.210. The van der Waals surface area contributed by atoms with E-state index in [0.717, 1.165) is 37.7 Å². The number of benzene rings is 1. The van der Waals surface area contributed by atoms with Crippen molar-refractivity contribution in [3.63, 3.8) is 0 Å². The van der Waals surface area contributed by atoms with E-state index in [1.54, 1.807) is 32.2 Å². The summed E-state index contributed by atoms with van der Waals surface area (Å²) in [6.07, 6.45) is 6.76. The van der Waals surface area contributed by atoms with E-state index in [1.165, 1.54) is 0 Å². The fraction of sp³-hybridized carbons (Fsp3) is 0.700. The number of hydrogen-bond donors (Lipinski definition) is 3. The number of unbranched alkanes of at least 4 members (excludes halogenated alkanes) is 4. The minimum absolute atomic E-state index is 0.124. The Morgan fingerprint density at radius 1 is 1.03 bits per heavy atom. The average molecular weight is 550 g/mol. The Kier molecular flexibility index (Phi) is 16.2. The molecule has 1 aromatic carbocycles. The van der Waals surface area contributed by atoms with Crippen LogP contribution >= 0.6 is 0 Å². The fourth-order valence-corrected chi connectivity index (χ4v) is 4.80. The molecular weight excluding hydrogens is 498 g/mol. The van der Waals surface area contributed by atoms with E-state index >= 15 is 0 Å². The zero-order chi connectivity index (χ0) is 29.4. The number of nitrogens with one attached hydrogen (secondary N) is 1. The number of ether oxygens (including phenoxy) is 2. The van der Waals surface area contributed by atoms with E-state index in [0.29, 0.717) is 30.9 Å². The summed E-state index contributed by atoms with van der Waals surface area (Å²) < 4.78 is 10.7. The minimum atomic E-state index is -0.599. The van der Waals surface area contributed by atoms with Gasteiger partial charge in [0.15, 0.2) is 0 Å². The summed E-state index contributed by atoms with van der Waals surface area (Å²) >= 11 is 0. The number of nitrogens with zero attached hydrogens (tertiary/aromatic N) is 1. The number of nitrogens with two attached hydrogens (primary N) is 1. The molecule has 0 bridgehead atoms. The van der Waals surface area contributed by atoms with E-state index in [-0.39, 0.29) is 37.2 Å². The van der Waals surface area contributed by atoms with Gasteiger partial charge in [-0.15, -0.1) is 0 Å². The van der Waals surface area contributed by atoms with Crippen molar-refractivity contribution in [2.24, 2.45) is 23.5 Å². The van der Waals surface area contributed by atoms with Crippen LogP contribution in [0.4, 0.5) is 0 Å². The average Bonchev–Trinajstić information content (AvgIpc) is 2.91. The lowest BCUT2D eigenvalue weighted by Gasteiger charge is -2.28. The molecule has 0 aromatic heterocycles. The van der Waals surface area contributed by atoms with Gasteiger partial charge in [-0.1, -0.05) is 52.9 Å².